The Bertz CT molecular complexity index is 471. The molecule has 1 aromatic carbocycles. The summed E-state index contributed by atoms with van der Waals surface area (Å²) in [5.74, 6) is 1.98. The number of hydrogen-bond donors (Lipinski definition) is 0. The molecule has 0 fully saturated rings. The summed E-state index contributed by atoms with van der Waals surface area (Å²) in [6.07, 6.45) is 3.24. The van der Waals surface area contributed by atoms with Crippen molar-refractivity contribution in [1.82, 2.24) is 0 Å². The van der Waals surface area contributed by atoms with Crippen molar-refractivity contribution in [1.29, 1.82) is 0 Å². The average molecular weight is 280 g/mol. The molecule has 1 aromatic rings. The monoisotopic (exact) mass is 280 g/mol. The van der Waals surface area contributed by atoms with Crippen LogP contribution in [0.4, 0.5) is 0 Å². The molecule has 1 aliphatic rings. The predicted octanol–water partition coefficient (Wildman–Crippen LogP) is 2.67. The second-order valence-corrected chi connectivity index (χ2v) is 4.86. The summed E-state index contributed by atoms with van der Waals surface area (Å²) < 4.78 is 15.8. The minimum Gasteiger partial charge on any atom is -0.486 e. The normalized spacial score (nSPS) is 13.5. The molecule has 0 atom stereocenters. The highest BCUT2D eigenvalue weighted by Crippen LogP contribution is 2.34. The van der Waals surface area contributed by atoms with E-state index >= 15 is 0 Å². The minimum absolute atomic E-state index is 0.301. The number of hydrogen-bond acceptors (Lipinski definition) is 5. The highest BCUT2D eigenvalue weighted by Gasteiger charge is 2.11. The van der Waals surface area contributed by atoms with E-state index in [4.69, 9.17) is 14.2 Å². The van der Waals surface area contributed by atoms with Gasteiger partial charge >= 0.3 is 5.97 Å². The van der Waals surface area contributed by atoms with Gasteiger partial charge in [-0.3, -0.25) is 0 Å². The van der Waals surface area contributed by atoms with Crippen molar-refractivity contribution in [2.75, 3.05) is 25.6 Å². The van der Waals surface area contributed by atoms with Crippen LogP contribution in [0.5, 0.6) is 11.5 Å². The molecule has 0 bridgehead atoms. The van der Waals surface area contributed by atoms with E-state index in [2.05, 4.69) is 0 Å². The number of esters is 1. The first-order valence-corrected chi connectivity index (χ1v) is 7.14. The van der Waals surface area contributed by atoms with Crippen molar-refractivity contribution in [3.8, 4) is 11.5 Å². The first kappa shape index (κ1) is 13.8. The van der Waals surface area contributed by atoms with Crippen LogP contribution in [0.3, 0.4) is 0 Å². The quantitative estimate of drug-likeness (QED) is 0.471. The lowest BCUT2D eigenvalue weighted by atomic mass is 10.3. The molecule has 0 aromatic heterocycles. The lowest BCUT2D eigenvalue weighted by Crippen LogP contribution is -2.15. The summed E-state index contributed by atoms with van der Waals surface area (Å²) in [6.45, 7) is 3.37. The molecule has 102 valence electrons. The number of fused-ring (bicyclic) bond motifs is 1. The number of carbonyl (C=O) groups is 1. The summed E-state index contributed by atoms with van der Waals surface area (Å²) in [7, 11) is 0. The Morgan fingerprint density at radius 2 is 2.16 bits per heavy atom. The van der Waals surface area contributed by atoms with Crippen molar-refractivity contribution in [3.63, 3.8) is 0 Å². The molecule has 0 spiro atoms. The van der Waals surface area contributed by atoms with Gasteiger partial charge in [0, 0.05) is 16.7 Å². The van der Waals surface area contributed by atoms with E-state index in [0.29, 0.717) is 25.6 Å². The smallest absolute Gasteiger partial charge is 0.330 e. The zero-order valence-electron chi connectivity index (χ0n) is 10.8. The molecule has 0 unspecified atom stereocenters. The summed E-state index contributed by atoms with van der Waals surface area (Å²) in [4.78, 5) is 12.2. The number of carbonyl (C=O) groups excluding carboxylic acids is 1. The maximum atomic E-state index is 11.1. The fraction of sp³-hybridized carbons (Fsp3) is 0.357. The van der Waals surface area contributed by atoms with Crippen LogP contribution in [0.25, 0.3) is 0 Å². The van der Waals surface area contributed by atoms with Gasteiger partial charge in [0.05, 0.1) is 6.61 Å². The largest absolute Gasteiger partial charge is 0.486 e. The maximum absolute atomic E-state index is 11.1. The van der Waals surface area contributed by atoms with Crippen molar-refractivity contribution in [2.45, 2.75) is 11.8 Å². The Morgan fingerprint density at radius 3 is 2.95 bits per heavy atom. The molecule has 5 heteroatoms. The third-order valence-corrected chi connectivity index (χ3v) is 3.35. The Hall–Kier alpha value is -1.62. The van der Waals surface area contributed by atoms with E-state index in [9.17, 15) is 4.79 Å². The van der Waals surface area contributed by atoms with Gasteiger partial charge < -0.3 is 14.2 Å². The molecule has 1 heterocycles. The molecule has 0 saturated carbocycles. The van der Waals surface area contributed by atoms with Gasteiger partial charge in [0.15, 0.2) is 11.5 Å². The number of benzene rings is 1. The number of thioether (sulfide) groups is 1. The van der Waals surface area contributed by atoms with Crippen molar-refractivity contribution in [2.24, 2.45) is 0 Å². The van der Waals surface area contributed by atoms with Gasteiger partial charge in [0.1, 0.15) is 13.2 Å². The molecule has 0 aliphatic carbocycles. The van der Waals surface area contributed by atoms with Gasteiger partial charge in [-0.25, -0.2) is 4.79 Å². The predicted molar refractivity (Wildman–Crippen MR) is 73.9 cm³/mol. The Morgan fingerprint density at radius 1 is 1.37 bits per heavy atom. The van der Waals surface area contributed by atoms with Gasteiger partial charge in [0.25, 0.3) is 0 Å². The van der Waals surface area contributed by atoms with Crippen LogP contribution < -0.4 is 9.47 Å². The second-order valence-electron chi connectivity index (χ2n) is 3.77. The van der Waals surface area contributed by atoms with E-state index in [1.807, 2.05) is 18.2 Å². The molecule has 0 N–H and O–H groups in total. The van der Waals surface area contributed by atoms with Crippen LogP contribution in [-0.2, 0) is 9.53 Å². The highest BCUT2D eigenvalue weighted by atomic mass is 32.2. The van der Waals surface area contributed by atoms with Gasteiger partial charge in [-0.05, 0) is 25.1 Å². The summed E-state index contributed by atoms with van der Waals surface area (Å²) in [5, 5.41) is 0. The first-order chi connectivity index (χ1) is 9.29. The van der Waals surface area contributed by atoms with Gasteiger partial charge in [0.2, 0.25) is 0 Å². The lowest BCUT2D eigenvalue weighted by Gasteiger charge is -2.18. The van der Waals surface area contributed by atoms with Crippen LogP contribution in [0.1, 0.15) is 6.92 Å². The lowest BCUT2D eigenvalue weighted by molar-refractivity contribution is -0.137. The van der Waals surface area contributed by atoms with E-state index < -0.39 is 0 Å². The summed E-state index contributed by atoms with van der Waals surface area (Å²) in [5.41, 5.74) is 0. The van der Waals surface area contributed by atoms with Crippen LogP contribution in [-0.4, -0.2) is 31.5 Å². The van der Waals surface area contributed by atoms with E-state index in [-0.39, 0.29) is 5.97 Å². The molecular weight excluding hydrogens is 264 g/mol. The summed E-state index contributed by atoms with van der Waals surface area (Å²) >= 11 is 1.62. The van der Waals surface area contributed by atoms with Crippen LogP contribution in [0.15, 0.2) is 35.2 Å². The third kappa shape index (κ3) is 4.21. The Kier molecular flexibility index (Phi) is 5.15. The Labute approximate surface area is 116 Å². The molecule has 1 aliphatic heterocycles. The number of rotatable bonds is 5. The first-order valence-electron chi connectivity index (χ1n) is 6.15. The van der Waals surface area contributed by atoms with Crippen LogP contribution >= 0.6 is 11.8 Å². The molecule has 4 nitrogen and oxygen atoms in total. The SMILES string of the molecule is CCOC(=O)/C=C/CSc1ccc2c(c1)OCCO2. The van der Waals surface area contributed by atoms with Crippen molar-refractivity contribution >= 4 is 17.7 Å². The van der Waals surface area contributed by atoms with E-state index in [1.54, 1.807) is 24.8 Å². The maximum Gasteiger partial charge on any atom is 0.330 e. The zero-order valence-corrected chi connectivity index (χ0v) is 11.6. The van der Waals surface area contributed by atoms with Gasteiger partial charge in [-0.2, -0.15) is 0 Å². The molecule has 19 heavy (non-hydrogen) atoms. The standard InChI is InChI=1S/C14H16O4S/c1-2-16-14(15)4-3-9-19-11-5-6-12-13(10-11)18-8-7-17-12/h3-6,10H,2,7-9H2,1H3/b4-3+. The highest BCUT2D eigenvalue weighted by molar-refractivity contribution is 7.99. The topological polar surface area (TPSA) is 44.8 Å². The number of ether oxygens (including phenoxy) is 3. The molecule has 0 saturated heterocycles. The van der Waals surface area contributed by atoms with Crippen molar-refractivity contribution in [3.05, 3.63) is 30.4 Å². The van der Waals surface area contributed by atoms with Crippen molar-refractivity contribution < 1.29 is 19.0 Å². The van der Waals surface area contributed by atoms with Gasteiger partial charge in [-0.1, -0.05) is 6.08 Å². The van der Waals surface area contributed by atoms with Crippen LogP contribution in [0, 0.1) is 0 Å². The molecule has 0 radical (unpaired) electrons. The van der Waals surface area contributed by atoms with Gasteiger partial charge in [-0.15, -0.1) is 11.8 Å². The molecule has 0 amide bonds. The third-order valence-electron chi connectivity index (χ3n) is 2.40. The van der Waals surface area contributed by atoms with E-state index in [0.717, 1.165) is 16.4 Å². The Balaban J connectivity index is 1.85. The fourth-order valence-electron chi connectivity index (χ4n) is 1.59. The average Bonchev–Trinajstić information content (AvgIpc) is 2.44. The minimum atomic E-state index is -0.301. The molecular formula is C14H16O4S. The second kappa shape index (κ2) is 7.09. The zero-order chi connectivity index (χ0) is 13.5. The molecule has 2 rings (SSSR count). The van der Waals surface area contributed by atoms with Crippen LogP contribution in [0.2, 0.25) is 0 Å². The fourth-order valence-corrected chi connectivity index (χ4v) is 2.33. The van der Waals surface area contributed by atoms with E-state index in [1.165, 1.54) is 6.08 Å². The summed E-state index contributed by atoms with van der Waals surface area (Å²) in [6, 6.07) is 5.85.